The Balaban J connectivity index is 1.56. The molecule has 0 unspecified atom stereocenters. The monoisotopic (exact) mass is 342 g/mol. The third-order valence-electron chi connectivity index (χ3n) is 4.48. The summed E-state index contributed by atoms with van der Waals surface area (Å²) < 4.78 is 13.6. The number of aromatic nitrogens is 1. The first-order valence-corrected chi connectivity index (χ1v) is 8.62. The normalized spacial score (nSPS) is 15.2. The standard InChI is InChI=1S/C19H23FN4O/c1-2-23-9-11-24(12-10-23)18-8-7-16(14-21-18)22-19(25)13-15-5-3-4-6-17(15)20/h3-8,14H,2,9-13H2,1H3,(H,22,25). The lowest BCUT2D eigenvalue weighted by Crippen LogP contribution is -2.46. The molecule has 0 radical (unpaired) electrons. The number of amides is 1. The minimum Gasteiger partial charge on any atom is -0.354 e. The fourth-order valence-corrected chi connectivity index (χ4v) is 2.96. The summed E-state index contributed by atoms with van der Waals surface area (Å²) in [6, 6.07) is 10.1. The Hall–Kier alpha value is -2.47. The Morgan fingerprint density at radius 3 is 2.56 bits per heavy atom. The van der Waals surface area contributed by atoms with Gasteiger partial charge >= 0.3 is 0 Å². The Morgan fingerprint density at radius 1 is 1.16 bits per heavy atom. The third kappa shape index (κ3) is 4.54. The average Bonchev–Trinajstić information content (AvgIpc) is 2.64. The summed E-state index contributed by atoms with van der Waals surface area (Å²) in [6.07, 6.45) is 1.66. The molecule has 0 atom stereocenters. The van der Waals surface area contributed by atoms with E-state index in [9.17, 15) is 9.18 Å². The number of hydrogen-bond donors (Lipinski definition) is 1. The molecule has 132 valence electrons. The van der Waals surface area contributed by atoms with Crippen molar-refractivity contribution in [1.82, 2.24) is 9.88 Å². The van der Waals surface area contributed by atoms with Gasteiger partial charge < -0.3 is 15.1 Å². The van der Waals surface area contributed by atoms with Gasteiger partial charge in [0.2, 0.25) is 5.91 Å². The summed E-state index contributed by atoms with van der Waals surface area (Å²) >= 11 is 0. The van der Waals surface area contributed by atoms with Crippen LogP contribution in [0.15, 0.2) is 42.6 Å². The molecule has 1 fully saturated rings. The average molecular weight is 342 g/mol. The van der Waals surface area contributed by atoms with E-state index in [0.29, 0.717) is 11.3 Å². The zero-order valence-electron chi connectivity index (χ0n) is 14.4. The third-order valence-corrected chi connectivity index (χ3v) is 4.48. The minimum atomic E-state index is -0.364. The highest BCUT2D eigenvalue weighted by Gasteiger charge is 2.16. The van der Waals surface area contributed by atoms with Crippen LogP contribution in [0.1, 0.15) is 12.5 Å². The molecule has 1 saturated heterocycles. The molecule has 6 heteroatoms. The lowest BCUT2D eigenvalue weighted by Gasteiger charge is -2.34. The summed E-state index contributed by atoms with van der Waals surface area (Å²) in [6.45, 7) is 7.25. The van der Waals surface area contributed by atoms with E-state index < -0.39 is 0 Å². The van der Waals surface area contributed by atoms with Gasteiger partial charge in [0.1, 0.15) is 11.6 Å². The molecule has 1 aromatic carbocycles. The highest BCUT2D eigenvalue weighted by atomic mass is 19.1. The van der Waals surface area contributed by atoms with E-state index in [0.717, 1.165) is 38.5 Å². The SMILES string of the molecule is CCN1CCN(c2ccc(NC(=O)Cc3ccccc3F)cn2)CC1. The first-order chi connectivity index (χ1) is 12.2. The van der Waals surface area contributed by atoms with Crippen LogP contribution in [-0.4, -0.2) is 48.5 Å². The van der Waals surface area contributed by atoms with Crippen molar-refractivity contribution in [1.29, 1.82) is 0 Å². The highest BCUT2D eigenvalue weighted by molar-refractivity contribution is 5.92. The maximum Gasteiger partial charge on any atom is 0.228 e. The van der Waals surface area contributed by atoms with Gasteiger partial charge in [-0.3, -0.25) is 4.79 Å². The van der Waals surface area contributed by atoms with Crippen molar-refractivity contribution in [3.8, 4) is 0 Å². The molecule has 0 spiro atoms. The zero-order chi connectivity index (χ0) is 17.6. The van der Waals surface area contributed by atoms with Crippen molar-refractivity contribution in [3.05, 3.63) is 54.0 Å². The van der Waals surface area contributed by atoms with Crippen molar-refractivity contribution in [2.75, 3.05) is 42.9 Å². The van der Waals surface area contributed by atoms with E-state index in [1.54, 1.807) is 24.4 Å². The molecular formula is C19H23FN4O. The maximum atomic E-state index is 13.6. The number of rotatable bonds is 5. The number of nitrogens with zero attached hydrogens (tertiary/aromatic N) is 3. The summed E-state index contributed by atoms with van der Waals surface area (Å²) in [5.41, 5.74) is 1.01. The Bertz CT molecular complexity index is 712. The van der Waals surface area contributed by atoms with Crippen LogP contribution in [-0.2, 0) is 11.2 Å². The van der Waals surface area contributed by atoms with Gasteiger partial charge in [-0.05, 0) is 30.3 Å². The van der Waals surface area contributed by atoms with Gasteiger partial charge in [-0.1, -0.05) is 25.1 Å². The molecule has 1 aliphatic rings. The molecule has 0 saturated carbocycles. The molecule has 0 aliphatic carbocycles. The molecule has 1 aliphatic heterocycles. The van der Waals surface area contributed by atoms with E-state index in [1.165, 1.54) is 6.07 Å². The van der Waals surface area contributed by atoms with Gasteiger partial charge in [0.15, 0.2) is 0 Å². The highest BCUT2D eigenvalue weighted by Crippen LogP contribution is 2.16. The molecule has 2 heterocycles. The van der Waals surface area contributed by atoms with Gasteiger partial charge in [-0.25, -0.2) is 9.37 Å². The quantitative estimate of drug-likeness (QED) is 0.907. The van der Waals surface area contributed by atoms with Crippen LogP contribution in [0, 0.1) is 5.82 Å². The molecule has 5 nitrogen and oxygen atoms in total. The summed E-state index contributed by atoms with van der Waals surface area (Å²) in [7, 11) is 0. The van der Waals surface area contributed by atoms with Crippen molar-refractivity contribution in [2.24, 2.45) is 0 Å². The van der Waals surface area contributed by atoms with Crippen LogP contribution >= 0.6 is 0 Å². The van der Waals surface area contributed by atoms with Crippen LogP contribution < -0.4 is 10.2 Å². The molecule has 0 bridgehead atoms. The van der Waals surface area contributed by atoms with Gasteiger partial charge in [-0.2, -0.15) is 0 Å². The van der Waals surface area contributed by atoms with E-state index >= 15 is 0 Å². The molecule has 25 heavy (non-hydrogen) atoms. The lowest BCUT2D eigenvalue weighted by molar-refractivity contribution is -0.115. The second-order valence-electron chi connectivity index (χ2n) is 6.14. The number of carbonyl (C=O) groups excluding carboxylic acids is 1. The smallest absolute Gasteiger partial charge is 0.228 e. The van der Waals surface area contributed by atoms with Gasteiger partial charge in [0, 0.05) is 26.2 Å². The largest absolute Gasteiger partial charge is 0.354 e. The van der Waals surface area contributed by atoms with E-state index in [-0.39, 0.29) is 18.1 Å². The van der Waals surface area contributed by atoms with E-state index in [1.807, 2.05) is 12.1 Å². The number of nitrogens with one attached hydrogen (secondary N) is 1. The summed E-state index contributed by atoms with van der Waals surface area (Å²) in [5, 5.41) is 2.77. The van der Waals surface area contributed by atoms with Crippen LogP contribution in [0.25, 0.3) is 0 Å². The second kappa shape index (κ2) is 8.07. The summed E-state index contributed by atoms with van der Waals surface area (Å²) in [4.78, 5) is 21.2. The van der Waals surface area contributed by atoms with Gasteiger partial charge in [0.05, 0.1) is 18.3 Å². The molecule has 1 N–H and O–H groups in total. The number of benzene rings is 1. The first kappa shape index (κ1) is 17.4. The molecule has 1 amide bonds. The van der Waals surface area contributed by atoms with E-state index in [4.69, 9.17) is 0 Å². The number of piperazine rings is 1. The molecular weight excluding hydrogens is 319 g/mol. The Labute approximate surface area is 147 Å². The number of halogens is 1. The summed E-state index contributed by atoms with van der Waals surface area (Å²) in [5.74, 6) is 0.302. The Morgan fingerprint density at radius 2 is 1.92 bits per heavy atom. The molecule has 3 rings (SSSR count). The molecule has 2 aromatic rings. The number of hydrogen-bond acceptors (Lipinski definition) is 4. The lowest BCUT2D eigenvalue weighted by atomic mass is 10.1. The number of anilines is 2. The fraction of sp³-hybridized carbons (Fsp3) is 0.368. The van der Waals surface area contributed by atoms with E-state index in [2.05, 4.69) is 27.0 Å². The first-order valence-electron chi connectivity index (χ1n) is 8.62. The van der Waals surface area contributed by atoms with Crippen LogP contribution in [0.2, 0.25) is 0 Å². The van der Waals surface area contributed by atoms with Crippen LogP contribution in [0.3, 0.4) is 0 Å². The van der Waals surface area contributed by atoms with Crippen LogP contribution in [0.4, 0.5) is 15.9 Å². The second-order valence-corrected chi connectivity index (χ2v) is 6.14. The zero-order valence-corrected chi connectivity index (χ0v) is 14.4. The number of pyridine rings is 1. The number of carbonyl (C=O) groups is 1. The predicted molar refractivity (Wildman–Crippen MR) is 97.3 cm³/mol. The predicted octanol–water partition coefficient (Wildman–Crippen LogP) is 2.54. The maximum absolute atomic E-state index is 13.6. The topological polar surface area (TPSA) is 48.5 Å². The van der Waals surface area contributed by atoms with Crippen LogP contribution in [0.5, 0.6) is 0 Å². The van der Waals surface area contributed by atoms with Gasteiger partial charge in [0.25, 0.3) is 0 Å². The minimum absolute atomic E-state index is 0.00734. The van der Waals surface area contributed by atoms with Crippen molar-refractivity contribution in [3.63, 3.8) is 0 Å². The fourth-order valence-electron chi connectivity index (χ4n) is 2.96. The number of likely N-dealkylation sites (N-methyl/N-ethyl adjacent to an activating group) is 1. The van der Waals surface area contributed by atoms with Crippen molar-refractivity contribution >= 4 is 17.4 Å². The van der Waals surface area contributed by atoms with Crippen molar-refractivity contribution in [2.45, 2.75) is 13.3 Å². The van der Waals surface area contributed by atoms with Gasteiger partial charge in [-0.15, -0.1) is 0 Å². The Kier molecular flexibility index (Phi) is 5.60. The molecule has 1 aromatic heterocycles. The van der Waals surface area contributed by atoms with Crippen molar-refractivity contribution < 1.29 is 9.18 Å².